The first kappa shape index (κ1) is 13.2. The number of benzene rings is 1. The quantitative estimate of drug-likeness (QED) is 0.158. The number of carbonyl (C=O) groups excluding carboxylic acids is 1. The minimum Gasteiger partial charge on any atom is -0.376 e. The first-order valence-corrected chi connectivity index (χ1v) is 5.13. The molecule has 17 heavy (non-hydrogen) atoms. The normalized spacial score (nSPS) is 14.2. The van der Waals surface area contributed by atoms with E-state index < -0.39 is 16.1 Å². The Hall–Kier alpha value is -1.88. The van der Waals surface area contributed by atoms with Gasteiger partial charge in [0.25, 0.3) is 0 Å². The Kier molecular flexibility index (Phi) is 4.23. The Bertz CT molecular complexity index is 446. The van der Waals surface area contributed by atoms with Crippen LogP contribution in [0.15, 0.2) is 42.5 Å². The Morgan fingerprint density at radius 3 is 2.53 bits per heavy atom. The molecule has 0 N–H and O–H groups in total. The van der Waals surface area contributed by atoms with Gasteiger partial charge in [0.15, 0.2) is 0 Å². The predicted octanol–water partition coefficient (Wildman–Crippen LogP) is 2.43. The van der Waals surface area contributed by atoms with Crippen LogP contribution in [0.1, 0.15) is 12.5 Å². The van der Waals surface area contributed by atoms with Crippen LogP contribution in [0.2, 0.25) is 0 Å². The van der Waals surface area contributed by atoms with Crippen molar-refractivity contribution in [1.29, 1.82) is 0 Å². The van der Waals surface area contributed by atoms with Crippen LogP contribution in [0.25, 0.3) is 0 Å². The average molecular weight is 256 g/mol. The molecule has 0 heterocycles. The lowest BCUT2D eigenvalue weighted by atomic mass is 10.2. The van der Waals surface area contributed by atoms with E-state index in [1.165, 1.54) is 18.2 Å². The largest absolute Gasteiger partial charge is 0.473 e. The number of esters is 1. The van der Waals surface area contributed by atoms with Gasteiger partial charge >= 0.3 is 11.2 Å². The summed E-state index contributed by atoms with van der Waals surface area (Å²) >= 11 is 5.75. The number of alkyl halides is 1. The van der Waals surface area contributed by atoms with E-state index >= 15 is 0 Å². The summed E-state index contributed by atoms with van der Waals surface area (Å²) < 4.78 is 4.67. The maximum absolute atomic E-state index is 11.2. The number of nitro groups is 1. The third-order valence-electron chi connectivity index (χ3n) is 1.90. The zero-order chi connectivity index (χ0) is 12.9. The molecule has 1 aromatic rings. The summed E-state index contributed by atoms with van der Waals surface area (Å²) in [7, 11) is 0. The lowest BCUT2D eigenvalue weighted by Gasteiger charge is -2.17. The number of nitrogens with zero attached hydrogens (tertiary/aromatic N) is 1. The molecular weight excluding hydrogens is 246 g/mol. The first-order chi connectivity index (χ1) is 8.00. The van der Waals surface area contributed by atoms with Crippen molar-refractivity contribution in [1.82, 2.24) is 0 Å². The molecule has 1 atom stereocenters. The van der Waals surface area contributed by atoms with Gasteiger partial charge in [0.05, 0.1) is 10.5 Å². The zero-order valence-electron chi connectivity index (χ0n) is 9.00. The fraction of sp³-hybridized carbons (Fsp3) is 0.182. The van der Waals surface area contributed by atoms with Crippen molar-refractivity contribution in [2.75, 3.05) is 0 Å². The summed E-state index contributed by atoms with van der Waals surface area (Å²) in [6.07, 6.45) is 2.47. The van der Waals surface area contributed by atoms with Gasteiger partial charge in [-0.05, 0) is 19.1 Å². The summed E-state index contributed by atoms with van der Waals surface area (Å²) in [5.74, 6) is -0.872. The molecule has 0 aliphatic heterocycles. The van der Waals surface area contributed by atoms with Crippen molar-refractivity contribution >= 4 is 17.6 Å². The van der Waals surface area contributed by atoms with Gasteiger partial charge in [0, 0.05) is 17.7 Å². The Balaban J connectivity index is 3.07. The molecule has 0 bridgehead atoms. The van der Waals surface area contributed by atoms with Gasteiger partial charge in [0.1, 0.15) is 0 Å². The molecular formula is C11H10ClNO4. The zero-order valence-corrected chi connectivity index (χ0v) is 9.76. The number of hydrogen-bond acceptors (Lipinski definition) is 4. The van der Waals surface area contributed by atoms with Crippen LogP contribution >= 0.6 is 11.6 Å². The molecule has 0 radical (unpaired) electrons. The molecule has 0 aliphatic carbocycles. The smallest absolute Gasteiger partial charge is 0.376 e. The molecule has 0 saturated carbocycles. The standard InChI is InChI=1S/C11H10ClNO4/c1-2-6-10(14)17-11(12,13(15)16)9-7-4-3-5-8-9/h2-8H,1H3/b6-2+. The Labute approximate surface area is 103 Å². The van der Waals surface area contributed by atoms with Crippen LogP contribution in [0.4, 0.5) is 0 Å². The third kappa shape index (κ3) is 3.04. The average Bonchev–Trinajstić information content (AvgIpc) is 2.30. The van der Waals surface area contributed by atoms with Crippen LogP contribution in [-0.2, 0) is 14.7 Å². The second kappa shape index (κ2) is 5.45. The fourth-order valence-corrected chi connectivity index (χ4v) is 1.35. The summed E-state index contributed by atoms with van der Waals surface area (Å²) in [4.78, 5) is 21.3. The molecule has 90 valence electrons. The van der Waals surface area contributed by atoms with Crippen molar-refractivity contribution in [2.45, 2.75) is 12.1 Å². The summed E-state index contributed by atoms with van der Waals surface area (Å²) in [6.45, 7) is 1.59. The molecule has 0 aromatic heterocycles. The lowest BCUT2D eigenvalue weighted by Crippen LogP contribution is -2.34. The van der Waals surface area contributed by atoms with E-state index in [1.54, 1.807) is 25.1 Å². The van der Waals surface area contributed by atoms with Gasteiger partial charge in [-0.25, -0.2) is 4.79 Å². The monoisotopic (exact) mass is 255 g/mol. The summed E-state index contributed by atoms with van der Waals surface area (Å²) in [6, 6.07) is 7.64. The van der Waals surface area contributed by atoms with Crippen LogP contribution < -0.4 is 0 Å². The van der Waals surface area contributed by atoms with Gasteiger partial charge in [-0.15, -0.1) is 0 Å². The molecule has 0 spiro atoms. The molecule has 0 aliphatic rings. The van der Waals surface area contributed by atoms with Gasteiger partial charge < -0.3 is 4.74 Å². The second-order valence-corrected chi connectivity index (χ2v) is 3.62. The van der Waals surface area contributed by atoms with Gasteiger partial charge in [-0.2, -0.15) is 0 Å². The molecule has 1 aromatic carbocycles. The minimum absolute atomic E-state index is 0.0875. The molecule has 0 saturated heterocycles. The van der Waals surface area contributed by atoms with Gasteiger partial charge in [-0.1, -0.05) is 24.3 Å². The van der Waals surface area contributed by atoms with Gasteiger partial charge in [-0.3, -0.25) is 10.1 Å². The number of hydrogen-bond donors (Lipinski definition) is 0. The third-order valence-corrected chi connectivity index (χ3v) is 2.34. The molecule has 0 amide bonds. The predicted molar refractivity (Wildman–Crippen MR) is 61.9 cm³/mol. The highest BCUT2D eigenvalue weighted by atomic mass is 35.5. The highest BCUT2D eigenvalue weighted by molar-refractivity contribution is 6.22. The SMILES string of the molecule is C/C=C/C(=O)OC(Cl)(c1ccccc1)[N+](=O)[O-]. The Morgan fingerprint density at radius 2 is 2.06 bits per heavy atom. The maximum Gasteiger partial charge on any atom is 0.473 e. The second-order valence-electron chi connectivity index (χ2n) is 3.11. The Morgan fingerprint density at radius 1 is 1.47 bits per heavy atom. The summed E-state index contributed by atoms with van der Waals surface area (Å²) in [5, 5.41) is 8.54. The number of ether oxygens (including phenoxy) is 1. The highest BCUT2D eigenvalue weighted by Crippen LogP contribution is 2.31. The number of carbonyl (C=O) groups is 1. The van der Waals surface area contributed by atoms with E-state index in [2.05, 4.69) is 4.74 Å². The molecule has 1 unspecified atom stereocenters. The summed E-state index contributed by atoms with van der Waals surface area (Å²) in [5.41, 5.74) is 0.0875. The topological polar surface area (TPSA) is 69.4 Å². The van der Waals surface area contributed by atoms with Crippen molar-refractivity contribution < 1.29 is 14.5 Å². The van der Waals surface area contributed by atoms with Gasteiger partial charge in [0.2, 0.25) is 0 Å². The van der Waals surface area contributed by atoms with Crippen LogP contribution in [0.5, 0.6) is 0 Å². The van der Waals surface area contributed by atoms with E-state index in [0.29, 0.717) is 0 Å². The van der Waals surface area contributed by atoms with Crippen LogP contribution in [0.3, 0.4) is 0 Å². The molecule has 0 fully saturated rings. The highest BCUT2D eigenvalue weighted by Gasteiger charge is 2.47. The fourth-order valence-electron chi connectivity index (χ4n) is 1.15. The molecule has 5 nitrogen and oxygen atoms in total. The van der Waals surface area contributed by atoms with Crippen LogP contribution in [-0.4, -0.2) is 10.9 Å². The van der Waals surface area contributed by atoms with E-state index in [4.69, 9.17) is 11.6 Å². The van der Waals surface area contributed by atoms with E-state index in [0.717, 1.165) is 6.08 Å². The van der Waals surface area contributed by atoms with E-state index in [1.807, 2.05) is 0 Å². The molecule has 6 heteroatoms. The van der Waals surface area contributed by atoms with Crippen LogP contribution in [0, 0.1) is 10.1 Å². The van der Waals surface area contributed by atoms with E-state index in [9.17, 15) is 14.9 Å². The first-order valence-electron chi connectivity index (χ1n) is 4.75. The number of rotatable bonds is 4. The van der Waals surface area contributed by atoms with E-state index in [-0.39, 0.29) is 5.56 Å². The molecule has 1 rings (SSSR count). The van der Waals surface area contributed by atoms with Crippen molar-refractivity contribution in [3.63, 3.8) is 0 Å². The maximum atomic E-state index is 11.2. The van der Waals surface area contributed by atoms with Crippen molar-refractivity contribution in [2.24, 2.45) is 0 Å². The lowest BCUT2D eigenvalue weighted by molar-refractivity contribution is -0.599. The minimum atomic E-state index is -2.39. The number of halogens is 1. The van der Waals surface area contributed by atoms with Crippen molar-refractivity contribution in [3.8, 4) is 0 Å². The van der Waals surface area contributed by atoms with Crippen molar-refractivity contribution in [3.05, 3.63) is 58.2 Å². The number of allylic oxidation sites excluding steroid dienone is 1.